The zero-order chi connectivity index (χ0) is 14.7. The van der Waals surface area contributed by atoms with Crippen LogP contribution in [0.4, 0.5) is 16.0 Å². The first-order valence-corrected chi connectivity index (χ1v) is 6.66. The highest BCUT2D eigenvalue weighted by Crippen LogP contribution is 2.33. The van der Waals surface area contributed by atoms with Crippen molar-refractivity contribution in [3.63, 3.8) is 0 Å². The SMILES string of the molecule is COC1(c2nc(Nc3ccc(F)nc3)n[nH]2)CCOCC1. The van der Waals surface area contributed by atoms with Gasteiger partial charge >= 0.3 is 0 Å². The highest BCUT2D eigenvalue weighted by Gasteiger charge is 2.37. The number of nitrogens with zero attached hydrogens (tertiary/aromatic N) is 3. The number of H-pyrrole nitrogens is 1. The van der Waals surface area contributed by atoms with Crippen LogP contribution in [0.2, 0.25) is 0 Å². The number of ether oxygens (including phenoxy) is 2. The maximum absolute atomic E-state index is 12.8. The number of nitrogens with one attached hydrogen (secondary N) is 2. The lowest BCUT2D eigenvalue weighted by atomic mass is 9.93. The Bertz CT molecular complexity index is 595. The Kier molecular flexibility index (Phi) is 3.80. The molecule has 0 radical (unpaired) electrons. The van der Waals surface area contributed by atoms with Gasteiger partial charge in [0.2, 0.25) is 11.9 Å². The van der Waals surface area contributed by atoms with E-state index in [-0.39, 0.29) is 0 Å². The summed E-state index contributed by atoms with van der Waals surface area (Å²) in [5, 5.41) is 9.98. The van der Waals surface area contributed by atoms with Crippen LogP contribution in [0.5, 0.6) is 0 Å². The van der Waals surface area contributed by atoms with Crippen LogP contribution in [0.1, 0.15) is 18.7 Å². The standard InChI is InChI=1S/C13H16FN5O2/c1-20-13(4-6-21-7-5-13)11-17-12(19-18-11)16-9-2-3-10(14)15-8-9/h2-3,8H,4-7H2,1H3,(H2,16,17,18,19). The molecule has 0 bridgehead atoms. The zero-order valence-corrected chi connectivity index (χ0v) is 11.6. The maximum atomic E-state index is 12.8. The fraction of sp³-hybridized carbons (Fsp3) is 0.462. The van der Waals surface area contributed by atoms with E-state index in [4.69, 9.17) is 9.47 Å². The van der Waals surface area contributed by atoms with Gasteiger partial charge in [0, 0.05) is 33.2 Å². The summed E-state index contributed by atoms with van der Waals surface area (Å²) in [6.45, 7) is 1.25. The van der Waals surface area contributed by atoms with E-state index in [2.05, 4.69) is 25.5 Å². The van der Waals surface area contributed by atoms with E-state index < -0.39 is 11.5 Å². The van der Waals surface area contributed by atoms with Crippen LogP contribution in [0.15, 0.2) is 18.3 Å². The molecule has 3 rings (SSSR count). The molecule has 7 nitrogen and oxygen atoms in total. The summed E-state index contributed by atoms with van der Waals surface area (Å²) in [5.41, 5.74) is 0.118. The Morgan fingerprint density at radius 3 is 2.86 bits per heavy atom. The fourth-order valence-corrected chi connectivity index (χ4v) is 2.34. The second kappa shape index (κ2) is 5.74. The molecular formula is C13H16FN5O2. The molecule has 8 heteroatoms. The summed E-state index contributed by atoms with van der Waals surface area (Å²) < 4.78 is 23.8. The van der Waals surface area contributed by atoms with Gasteiger partial charge in [-0.1, -0.05) is 0 Å². The molecule has 0 saturated carbocycles. The van der Waals surface area contributed by atoms with Crippen molar-refractivity contribution in [2.45, 2.75) is 18.4 Å². The Labute approximate surface area is 120 Å². The topological polar surface area (TPSA) is 85.0 Å². The maximum Gasteiger partial charge on any atom is 0.246 e. The van der Waals surface area contributed by atoms with Crippen LogP contribution in [-0.4, -0.2) is 40.5 Å². The lowest BCUT2D eigenvalue weighted by Crippen LogP contribution is -2.36. The van der Waals surface area contributed by atoms with E-state index >= 15 is 0 Å². The van der Waals surface area contributed by atoms with Crippen molar-refractivity contribution in [2.24, 2.45) is 0 Å². The van der Waals surface area contributed by atoms with E-state index in [1.807, 2.05) is 0 Å². The van der Waals surface area contributed by atoms with Crippen LogP contribution in [-0.2, 0) is 15.1 Å². The fourth-order valence-electron chi connectivity index (χ4n) is 2.34. The molecule has 1 fully saturated rings. The predicted molar refractivity (Wildman–Crippen MR) is 72.6 cm³/mol. The molecule has 2 N–H and O–H groups in total. The number of aromatic nitrogens is 4. The van der Waals surface area contributed by atoms with Crippen molar-refractivity contribution in [3.05, 3.63) is 30.1 Å². The van der Waals surface area contributed by atoms with Gasteiger partial charge in [-0.3, -0.25) is 5.10 Å². The second-order valence-electron chi connectivity index (χ2n) is 4.81. The molecule has 3 heterocycles. The minimum atomic E-state index is -0.531. The molecular weight excluding hydrogens is 277 g/mol. The highest BCUT2D eigenvalue weighted by atomic mass is 19.1. The molecule has 2 aromatic rings. The van der Waals surface area contributed by atoms with Gasteiger partial charge in [-0.2, -0.15) is 9.37 Å². The number of methoxy groups -OCH3 is 1. The second-order valence-corrected chi connectivity index (χ2v) is 4.81. The number of pyridine rings is 1. The van der Waals surface area contributed by atoms with Gasteiger partial charge in [-0.05, 0) is 12.1 Å². The van der Waals surface area contributed by atoms with Gasteiger partial charge in [0.05, 0.1) is 11.9 Å². The monoisotopic (exact) mass is 293 g/mol. The van der Waals surface area contributed by atoms with E-state index in [1.165, 1.54) is 12.3 Å². The van der Waals surface area contributed by atoms with Gasteiger partial charge < -0.3 is 14.8 Å². The first kappa shape index (κ1) is 13.9. The third-order valence-corrected chi connectivity index (χ3v) is 3.59. The smallest absolute Gasteiger partial charge is 0.246 e. The van der Waals surface area contributed by atoms with E-state index in [0.717, 1.165) is 12.8 Å². The van der Waals surface area contributed by atoms with Crippen molar-refractivity contribution in [3.8, 4) is 0 Å². The van der Waals surface area contributed by atoms with Gasteiger partial charge in [-0.25, -0.2) is 4.98 Å². The largest absolute Gasteiger partial charge is 0.381 e. The van der Waals surface area contributed by atoms with Crippen molar-refractivity contribution < 1.29 is 13.9 Å². The molecule has 0 atom stereocenters. The van der Waals surface area contributed by atoms with Gasteiger partial charge in [0.1, 0.15) is 5.60 Å². The van der Waals surface area contributed by atoms with Crippen molar-refractivity contribution >= 4 is 11.6 Å². The number of rotatable bonds is 4. The van der Waals surface area contributed by atoms with E-state index in [0.29, 0.717) is 30.7 Å². The normalized spacial score (nSPS) is 17.6. The number of hydrogen-bond acceptors (Lipinski definition) is 6. The molecule has 112 valence electrons. The average Bonchev–Trinajstić information content (AvgIpc) is 2.99. The van der Waals surface area contributed by atoms with Crippen LogP contribution in [0, 0.1) is 5.95 Å². The molecule has 1 aliphatic rings. The summed E-state index contributed by atoms with van der Waals surface area (Å²) in [5.74, 6) is 0.518. The molecule has 0 spiro atoms. The van der Waals surface area contributed by atoms with Crippen molar-refractivity contribution in [1.82, 2.24) is 20.2 Å². The molecule has 0 aromatic carbocycles. The molecule has 0 unspecified atom stereocenters. The van der Waals surface area contributed by atoms with Crippen molar-refractivity contribution in [2.75, 3.05) is 25.6 Å². The first-order valence-electron chi connectivity index (χ1n) is 6.66. The Morgan fingerprint density at radius 2 is 2.19 bits per heavy atom. The number of halogens is 1. The Morgan fingerprint density at radius 1 is 1.38 bits per heavy atom. The molecule has 21 heavy (non-hydrogen) atoms. The third kappa shape index (κ3) is 2.86. The average molecular weight is 293 g/mol. The molecule has 1 aliphatic heterocycles. The summed E-state index contributed by atoms with van der Waals surface area (Å²) in [7, 11) is 1.66. The predicted octanol–water partition coefficient (Wildman–Crippen LogP) is 1.73. The molecule has 0 aliphatic carbocycles. The summed E-state index contributed by atoms with van der Waals surface area (Å²) in [4.78, 5) is 7.98. The zero-order valence-electron chi connectivity index (χ0n) is 11.6. The van der Waals surface area contributed by atoms with Gasteiger partial charge in [0.15, 0.2) is 5.82 Å². The Balaban J connectivity index is 1.77. The molecule has 0 amide bonds. The van der Waals surface area contributed by atoms with Crippen LogP contribution in [0.3, 0.4) is 0 Å². The van der Waals surface area contributed by atoms with Crippen LogP contribution in [0.25, 0.3) is 0 Å². The van der Waals surface area contributed by atoms with E-state index in [9.17, 15) is 4.39 Å². The minimum absolute atomic E-state index is 0.390. The lowest BCUT2D eigenvalue weighted by molar-refractivity contribution is -0.0997. The van der Waals surface area contributed by atoms with Gasteiger partial charge in [0.25, 0.3) is 0 Å². The van der Waals surface area contributed by atoms with E-state index in [1.54, 1.807) is 13.2 Å². The first-order chi connectivity index (χ1) is 10.2. The molecule has 2 aromatic heterocycles. The summed E-state index contributed by atoms with van der Waals surface area (Å²) >= 11 is 0. The summed E-state index contributed by atoms with van der Waals surface area (Å²) in [6, 6.07) is 2.84. The minimum Gasteiger partial charge on any atom is -0.381 e. The lowest BCUT2D eigenvalue weighted by Gasteiger charge is -2.33. The highest BCUT2D eigenvalue weighted by molar-refractivity contribution is 5.50. The summed E-state index contributed by atoms with van der Waals surface area (Å²) in [6.07, 6.45) is 2.82. The molecule has 1 saturated heterocycles. The third-order valence-electron chi connectivity index (χ3n) is 3.59. The number of aromatic amines is 1. The number of anilines is 2. The van der Waals surface area contributed by atoms with Crippen molar-refractivity contribution in [1.29, 1.82) is 0 Å². The quantitative estimate of drug-likeness (QED) is 0.835. The van der Waals surface area contributed by atoms with Crippen LogP contribution >= 0.6 is 0 Å². The van der Waals surface area contributed by atoms with Gasteiger partial charge in [-0.15, -0.1) is 5.10 Å². The van der Waals surface area contributed by atoms with Crippen LogP contribution < -0.4 is 5.32 Å². The number of hydrogen-bond donors (Lipinski definition) is 2. The Hall–Kier alpha value is -2.06.